The summed E-state index contributed by atoms with van der Waals surface area (Å²) in [5.41, 5.74) is 11.6. The van der Waals surface area contributed by atoms with Crippen LogP contribution in [0.1, 0.15) is 97.0 Å². The number of anilines is 4. The molecular weight excluding hydrogens is 877 g/mol. The molecule has 4 amide bonds. The van der Waals surface area contributed by atoms with E-state index in [-0.39, 0.29) is 41.6 Å². The first-order valence-electron chi connectivity index (χ1n) is 24.6. The number of phenols is 1. The number of para-hydroxylation sites is 1. The first kappa shape index (κ1) is 47.0. The van der Waals surface area contributed by atoms with Gasteiger partial charge in [0.25, 0.3) is 11.8 Å². The van der Waals surface area contributed by atoms with Crippen LogP contribution >= 0.6 is 0 Å². The number of fused-ring (bicyclic) bond motifs is 1. The van der Waals surface area contributed by atoms with Crippen LogP contribution < -0.4 is 30.9 Å². The largest absolute Gasteiger partial charge is 0.507 e. The highest BCUT2D eigenvalue weighted by atomic mass is 16.5. The Kier molecular flexibility index (Phi) is 14.9. The first-order chi connectivity index (χ1) is 33.7. The molecule has 2 aromatic heterocycles. The summed E-state index contributed by atoms with van der Waals surface area (Å²) in [6, 6.07) is 21.8. The highest BCUT2D eigenvalue weighted by Crippen LogP contribution is 2.34. The Bertz CT molecular complexity index is 2610. The molecule has 0 bridgehead atoms. The number of aromatic hydroxyl groups is 1. The van der Waals surface area contributed by atoms with E-state index in [2.05, 4.69) is 70.1 Å². The Hall–Kier alpha value is -7.08. The lowest BCUT2D eigenvalue weighted by Crippen LogP contribution is -2.54. The number of nitrogens with two attached hydrogens (primary N) is 1. The summed E-state index contributed by atoms with van der Waals surface area (Å²) >= 11 is 0. The molecule has 5 N–H and O–H groups in total. The molecule has 4 aliphatic heterocycles. The molecule has 2 unspecified atom stereocenters. The SMILES string of the molecule is Nc1nnc(-c2ccccc2O)cc1OC1CCCN(c2ccc(N3CCN(CCCCCCCCCn4cc(CCNc5cccc6c5C(=O)N(C5CCC(=O)NC5=O)C6=O)nn4)CC3)cc2)C1. The van der Waals surface area contributed by atoms with E-state index in [9.17, 15) is 24.3 Å². The maximum Gasteiger partial charge on any atom is 0.264 e. The van der Waals surface area contributed by atoms with Gasteiger partial charge in [0.15, 0.2) is 11.6 Å². The van der Waals surface area contributed by atoms with Gasteiger partial charge in [-0.3, -0.25) is 39.0 Å². The minimum absolute atomic E-state index is 0.0481. The van der Waals surface area contributed by atoms with Gasteiger partial charge in [0.1, 0.15) is 23.6 Å². The third kappa shape index (κ3) is 11.3. The van der Waals surface area contributed by atoms with Crippen LogP contribution in [0, 0.1) is 0 Å². The molecule has 3 aromatic carbocycles. The summed E-state index contributed by atoms with van der Waals surface area (Å²) in [7, 11) is 0. The molecule has 9 rings (SSSR count). The second-order valence-electron chi connectivity index (χ2n) is 18.5. The lowest BCUT2D eigenvalue weighted by molar-refractivity contribution is -0.136. The number of hydrogen-bond acceptors (Lipinski definition) is 15. The van der Waals surface area contributed by atoms with Crippen molar-refractivity contribution in [2.24, 2.45) is 0 Å². The maximum atomic E-state index is 13.4. The summed E-state index contributed by atoms with van der Waals surface area (Å²) in [4.78, 5) is 59.1. The van der Waals surface area contributed by atoms with Gasteiger partial charge in [-0.15, -0.1) is 15.3 Å². The number of carbonyl (C=O) groups excluding carboxylic acids is 4. The van der Waals surface area contributed by atoms with Crippen LogP contribution in [0.3, 0.4) is 0 Å². The molecule has 362 valence electrons. The molecule has 0 spiro atoms. The molecule has 0 aliphatic carbocycles. The quantitative estimate of drug-likeness (QED) is 0.0546. The average Bonchev–Trinajstić information content (AvgIpc) is 3.92. The zero-order valence-electron chi connectivity index (χ0n) is 39.1. The van der Waals surface area contributed by atoms with Crippen LogP contribution in [-0.4, -0.2) is 128 Å². The fraction of sp³-hybridized carbons (Fsp3) is 0.451. The Labute approximate surface area is 402 Å². The van der Waals surface area contributed by atoms with E-state index in [0.29, 0.717) is 35.7 Å². The number of ether oxygens (including phenoxy) is 1. The molecule has 4 aliphatic rings. The van der Waals surface area contributed by atoms with E-state index >= 15 is 0 Å². The number of piperidine rings is 2. The Morgan fingerprint density at radius 3 is 2.25 bits per heavy atom. The van der Waals surface area contributed by atoms with Crippen LogP contribution in [0.15, 0.2) is 79.0 Å². The van der Waals surface area contributed by atoms with Crippen molar-refractivity contribution in [2.75, 3.05) is 73.2 Å². The average molecular weight is 939 g/mol. The van der Waals surface area contributed by atoms with E-state index in [0.717, 1.165) is 88.6 Å². The molecule has 18 nitrogen and oxygen atoms in total. The number of rotatable bonds is 20. The van der Waals surface area contributed by atoms with Gasteiger partial charge in [0.2, 0.25) is 11.8 Å². The first-order valence-corrected chi connectivity index (χ1v) is 24.6. The molecule has 2 atom stereocenters. The van der Waals surface area contributed by atoms with Gasteiger partial charge >= 0.3 is 0 Å². The van der Waals surface area contributed by atoms with Gasteiger partial charge in [-0.25, -0.2) is 0 Å². The van der Waals surface area contributed by atoms with Crippen LogP contribution in [0.4, 0.5) is 22.9 Å². The number of unbranched alkanes of at least 4 members (excludes halogenated alkanes) is 6. The Morgan fingerprint density at radius 2 is 1.48 bits per heavy atom. The van der Waals surface area contributed by atoms with Crippen molar-refractivity contribution in [1.29, 1.82) is 0 Å². The maximum absolute atomic E-state index is 13.4. The van der Waals surface area contributed by atoms with E-state index in [1.165, 1.54) is 43.5 Å². The predicted molar refractivity (Wildman–Crippen MR) is 262 cm³/mol. The molecule has 5 aromatic rings. The van der Waals surface area contributed by atoms with Gasteiger partial charge in [-0.1, -0.05) is 55.5 Å². The lowest BCUT2D eigenvalue weighted by Gasteiger charge is -2.37. The van der Waals surface area contributed by atoms with Crippen molar-refractivity contribution in [1.82, 2.24) is 40.3 Å². The summed E-state index contributed by atoms with van der Waals surface area (Å²) in [5.74, 6) is -1.22. The molecule has 3 saturated heterocycles. The number of piperazine rings is 1. The van der Waals surface area contributed by atoms with Gasteiger partial charge in [0.05, 0.1) is 23.4 Å². The third-order valence-electron chi connectivity index (χ3n) is 13.7. The minimum Gasteiger partial charge on any atom is -0.507 e. The summed E-state index contributed by atoms with van der Waals surface area (Å²) < 4.78 is 8.29. The van der Waals surface area contributed by atoms with Crippen LogP contribution in [0.25, 0.3) is 11.3 Å². The summed E-state index contributed by atoms with van der Waals surface area (Å²) in [6.45, 7) is 8.38. The highest BCUT2D eigenvalue weighted by molar-refractivity contribution is 6.25. The van der Waals surface area contributed by atoms with Crippen molar-refractivity contribution < 1.29 is 29.0 Å². The summed E-state index contributed by atoms with van der Waals surface area (Å²) in [6.07, 6.45) is 13.0. The number of aromatic nitrogens is 5. The third-order valence-corrected chi connectivity index (χ3v) is 13.7. The standard InChI is InChI=1S/C51H62N12O6/c52-48-45(32-42(56-57-48)39-13-6-7-16-44(39)64)69-38-12-11-26-61(34-38)37-19-17-36(18-20-37)60-30-28-59(29-31-60)25-8-4-2-1-3-5-9-27-62-33-35(55-58-62)23-24-53-41-15-10-14-40-47(41)51(68)63(50(40)67)43-21-22-46(65)54-49(43)66/h6-7,10,13-20,32-33,38,43,53,64H,1-5,8-9,11-12,21-31,34H2,(H2,52,57)(H,54,65,66). The van der Waals surface area contributed by atoms with Crippen molar-refractivity contribution in [3.63, 3.8) is 0 Å². The topological polar surface area (TPSA) is 217 Å². The molecule has 18 heteroatoms. The van der Waals surface area contributed by atoms with E-state index in [1.807, 2.05) is 16.9 Å². The molecule has 6 heterocycles. The number of aryl methyl sites for hydroxylation is 1. The normalized spacial score (nSPS) is 18.7. The Balaban J connectivity index is 0.617. The summed E-state index contributed by atoms with van der Waals surface area (Å²) in [5, 5.41) is 32.8. The number of carbonyl (C=O) groups is 4. The van der Waals surface area contributed by atoms with Crippen molar-refractivity contribution in [2.45, 2.75) is 95.7 Å². The molecule has 0 radical (unpaired) electrons. The van der Waals surface area contributed by atoms with Gasteiger partial charge in [-0.05, 0) is 87.2 Å². The number of nitrogens with zero attached hydrogens (tertiary/aromatic N) is 9. The fourth-order valence-corrected chi connectivity index (χ4v) is 9.90. The smallest absolute Gasteiger partial charge is 0.264 e. The zero-order chi connectivity index (χ0) is 47.7. The number of amides is 4. The lowest BCUT2D eigenvalue weighted by atomic mass is 10.0. The predicted octanol–water partition coefficient (Wildman–Crippen LogP) is 5.68. The zero-order valence-corrected chi connectivity index (χ0v) is 39.1. The van der Waals surface area contributed by atoms with Gasteiger partial charge in [0, 0.05) is 93.5 Å². The van der Waals surface area contributed by atoms with Gasteiger partial charge < -0.3 is 30.7 Å². The van der Waals surface area contributed by atoms with E-state index < -0.39 is 29.7 Å². The second-order valence-corrected chi connectivity index (χ2v) is 18.5. The molecule has 69 heavy (non-hydrogen) atoms. The van der Waals surface area contributed by atoms with Crippen LogP contribution in [0.2, 0.25) is 0 Å². The van der Waals surface area contributed by atoms with Crippen molar-refractivity contribution in [3.8, 4) is 22.8 Å². The van der Waals surface area contributed by atoms with Crippen LogP contribution in [-0.2, 0) is 22.6 Å². The number of hydrogen-bond donors (Lipinski definition) is 4. The fourth-order valence-electron chi connectivity index (χ4n) is 9.90. The molecular formula is C51H62N12O6. The molecule has 3 fully saturated rings. The highest BCUT2D eigenvalue weighted by Gasteiger charge is 2.45. The monoisotopic (exact) mass is 938 g/mol. The van der Waals surface area contributed by atoms with Crippen LogP contribution in [0.5, 0.6) is 11.5 Å². The number of phenolic OH excluding ortho intramolecular Hbond substituents is 1. The Morgan fingerprint density at radius 1 is 0.754 bits per heavy atom. The molecule has 0 saturated carbocycles. The van der Waals surface area contributed by atoms with Crippen molar-refractivity contribution >= 4 is 46.5 Å². The van der Waals surface area contributed by atoms with E-state index in [1.54, 1.807) is 42.5 Å². The number of benzene rings is 3. The minimum atomic E-state index is -1.00. The number of nitrogen functional groups attached to an aromatic ring is 1. The number of nitrogens with one attached hydrogen (secondary N) is 2. The second kappa shape index (κ2) is 21.9. The number of imide groups is 2. The van der Waals surface area contributed by atoms with E-state index in [4.69, 9.17) is 10.5 Å². The van der Waals surface area contributed by atoms with Crippen molar-refractivity contribution in [3.05, 3.63) is 95.8 Å². The van der Waals surface area contributed by atoms with Gasteiger partial charge in [-0.2, -0.15) is 0 Å².